The molecule has 0 aliphatic carbocycles. The van der Waals surface area contributed by atoms with Crippen molar-refractivity contribution in [2.75, 3.05) is 7.05 Å². The topological polar surface area (TPSA) is 25.2 Å². The van der Waals surface area contributed by atoms with Crippen LogP contribution >= 0.6 is 11.6 Å². The number of halogens is 1. The first kappa shape index (κ1) is 8.60. The Morgan fingerprint density at radius 2 is 2.31 bits per heavy atom. The zero-order valence-corrected chi connectivity index (χ0v) is 8.06. The fourth-order valence-electron chi connectivity index (χ4n) is 1.34. The number of nitrogens with one attached hydrogen (secondary N) is 1. The van der Waals surface area contributed by atoms with Gasteiger partial charge in [-0.1, -0.05) is 23.7 Å². The van der Waals surface area contributed by atoms with Crippen molar-refractivity contribution < 1.29 is 4.42 Å². The first-order valence-corrected chi connectivity index (χ1v) is 4.50. The molecule has 2 aromatic rings. The summed E-state index contributed by atoms with van der Waals surface area (Å²) in [5, 5.41) is 4.75. The second-order valence-corrected chi connectivity index (χ2v) is 3.31. The number of rotatable bonds is 2. The summed E-state index contributed by atoms with van der Waals surface area (Å²) in [6.07, 6.45) is 0. The molecule has 1 N–H and O–H groups in total. The number of benzene rings is 1. The predicted octanol–water partition coefficient (Wildman–Crippen LogP) is 2.81. The normalized spacial score (nSPS) is 10.9. The second kappa shape index (κ2) is 3.40. The Hall–Kier alpha value is -0.990. The standard InChI is InChI=1S/C10H10ClNO/c1-12-6-8-5-7-3-2-4-9(11)10(7)13-8/h2-5,12H,6H2,1H3. The van der Waals surface area contributed by atoms with E-state index in [-0.39, 0.29) is 0 Å². The van der Waals surface area contributed by atoms with Crippen LogP contribution in [0.25, 0.3) is 11.0 Å². The highest BCUT2D eigenvalue weighted by atomic mass is 35.5. The molecule has 2 nitrogen and oxygen atoms in total. The molecule has 13 heavy (non-hydrogen) atoms. The van der Waals surface area contributed by atoms with Gasteiger partial charge in [0.15, 0.2) is 5.58 Å². The van der Waals surface area contributed by atoms with Crippen molar-refractivity contribution in [1.82, 2.24) is 5.32 Å². The fourth-order valence-corrected chi connectivity index (χ4v) is 1.56. The quantitative estimate of drug-likeness (QED) is 0.797. The van der Waals surface area contributed by atoms with Crippen LogP contribution in [0.15, 0.2) is 28.7 Å². The fraction of sp³-hybridized carbons (Fsp3) is 0.200. The van der Waals surface area contributed by atoms with Gasteiger partial charge in [-0.3, -0.25) is 0 Å². The Balaban J connectivity index is 2.55. The van der Waals surface area contributed by atoms with Crippen molar-refractivity contribution in [2.45, 2.75) is 6.54 Å². The van der Waals surface area contributed by atoms with Crippen LogP contribution in [0.4, 0.5) is 0 Å². The number of fused-ring (bicyclic) bond motifs is 1. The van der Waals surface area contributed by atoms with Crippen LogP contribution < -0.4 is 5.32 Å². The van der Waals surface area contributed by atoms with Gasteiger partial charge >= 0.3 is 0 Å². The van der Waals surface area contributed by atoms with Crippen LogP contribution in [0, 0.1) is 0 Å². The summed E-state index contributed by atoms with van der Waals surface area (Å²) in [5.41, 5.74) is 0.773. The summed E-state index contributed by atoms with van der Waals surface area (Å²) >= 11 is 5.96. The zero-order valence-electron chi connectivity index (χ0n) is 7.30. The van der Waals surface area contributed by atoms with Crippen LogP contribution in [0.2, 0.25) is 5.02 Å². The second-order valence-electron chi connectivity index (χ2n) is 2.90. The number of furan rings is 1. The van der Waals surface area contributed by atoms with Crippen LogP contribution in [-0.4, -0.2) is 7.05 Å². The number of hydrogen-bond acceptors (Lipinski definition) is 2. The molecule has 68 valence electrons. The lowest BCUT2D eigenvalue weighted by Crippen LogP contribution is -2.03. The highest BCUT2D eigenvalue weighted by Crippen LogP contribution is 2.26. The van der Waals surface area contributed by atoms with Crippen molar-refractivity contribution in [1.29, 1.82) is 0 Å². The van der Waals surface area contributed by atoms with E-state index in [9.17, 15) is 0 Å². The van der Waals surface area contributed by atoms with E-state index in [2.05, 4.69) is 5.32 Å². The lowest BCUT2D eigenvalue weighted by molar-refractivity contribution is 0.531. The van der Waals surface area contributed by atoms with E-state index in [0.717, 1.165) is 23.3 Å². The molecule has 0 fully saturated rings. The predicted molar refractivity (Wildman–Crippen MR) is 54.0 cm³/mol. The first-order chi connectivity index (χ1) is 6.31. The molecular formula is C10H10ClNO. The summed E-state index contributed by atoms with van der Waals surface area (Å²) in [5.74, 6) is 0.908. The molecule has 1 aromatic heterocycles. The minimum absolute atomic E-state index is 0.667. The van der Waals surface area contributed by atoms with E-state index >= 15 is 0 Å². The van der Waals surface area contributed by atoms with Gasteiger partial charge in [-0.2, -0.15) is 0 Å². The Bertz CT molecular complexity index is 422. The average molecular weight is 196 g/mol. The van der Waals surface area contributed by atoms with E-state index in [4.69, 9.17) is 16.0 Å². The van der Waals surface area contributed by atoms with Crippen molar-refractivity contribution in [3.8, 4) is 0 Å². The van der Waals surface area contributed by atoms with Gasteiger partial charge < -0.3 is 9.73 Å². The van der Waals surface area contributed by atoms with Crippen LogP contribution in [0.1, 0.15) is 5.76 Å². The van der Waals surface area contributed by atoms with E-state index in [1.54, 1.807) is 0 Å². The van der Waals surface area contributed by atoms with Gasteiger partial charge in [-0.05, 0) is 19.2 Å². The molecule has 0 atom stereocenters. The molecule has 0 aliphatic heterocycles. The third-order valence-corrected chi connectivity index (χ3v) is 2.20. The van der Waals surface area contributed by atoms with Gasteiger partial charge in [-0.15, -0.1) is 0 Å². The van der Waals surface area contributed by atoms with Gasteiger partial charge in [0.1, 0.15) is 5.76 Å². The summed E-state index contributed by atoms with van der Waals surface area (Å²) in [6, 6.07) is 7.74. The van der Waals surface area contributed by atoms with Crippen LogP contribution in [-0.2, 0) is 6.54 Å². The molecule has 2 rings (SSSR count). The van der Waals surface area contributed by atoms with Gasteiger partial charge in [0.2, 0.25) is 0 Å². The van der Waals surface area contributed by atoms with Crippen molar-refractivity contribution >= 4 is 22.6 Å². The van der Waals surface area contributed by atoms with E-state index < -0.39 is 0 Å². The summed E-state index contributed by atoms with van der Waals surface area (Å²) in [4.78, 5) is 0. The Morgan fingerprint density at radius 3 is 3.00 bits per heavy atom. The molecule has 0 aliphatic rings. The third-order valence-electron chi connectivity index (χ3n) is 1.90. The van der Waals surface area contributed by atoms with E-state index in [1.807, 2.05) is 31.3 Å². The molecule has 1 heterocycles. The van der Waals surface area contributed by atoms with Gasteiger partial charge in [0.25, 0.3) is 0 Å². The molecule has 0 saturated carbocycles. The smallest absolute Gasteiger partial charge is 0.152 e. The molecule has 3 heteroatoms. The van der Waals surface area contributed by atoms with Crippen molar-refractivity contribution in [3.05, 3.63) is 35.0 Å². The summed E-state index contributed by atoms with van der Waals surface area (Å²) in [7, 11) is 1.88. The largest absolute Gasteiger partial charge is 0.458 e. The average Bonchev–Trinajstić information content (AvgIpc) is 2.49. The Kier molecular flexibility index (Phi) is 2.25. The third kappa shape index (κ3) is 1.55. The molecule has 0 amide bonds. The maximum absolute atomic E-state index is 5.96. The van der Waals surface area contributed by atoms with Gasteiger partial charge in [-0.25, -0.2) is 0 Å². The molecular weight excluding hydrogens is 186 g/mol. The lowest BCUT2D eigenvalue weighted by atomic mass is 10.2. The molecule has 0 bridgehead atoms. The van der Waals surface area contributed by atoms with E-state index in [0.29, 0.717) is 5.02 Å². The molecule has 0 unspecified atom stereocenters. The summed E-state index contributed by atoms with van der Waals surface area (Å²) < 4.78 is 5.54. The first-order valence-electron chi connectivity index (χ1n) is 4.13. The summed E-state index contributed by atoms with van der Waals surface area (Å²) in [6.45, 7) is 0.727. The van der Waals surface area contributed by atoms with Gasteiger partial charge in [0, 0.05) is 5.39 Å². The highest BCUT2D eigenvalue weighted by molar-refractivity contribution is 6.34. The van der Waals surface area contributed by atoms with Crippen molar-refractivity contribution in [2.24, 2.45) is 0 Å². The molecule has 0 saturated heterocycles. The molecule has 0 radical (unpaired) electrons. The minimum atomic E-state index is 0.667. The Morgan fingerprint density at radius 1 is 1.46 bits per heavy atom. The van der Waals surface area contributed by atoms with Crippen LogP contribution in [0.5, 0.6) is 0 Å². The maximum Gasteiger partial charge on any atom is 0.152 e. The van der Waals surface area contributed by atoms with E-state index in [1.165, 1.54) is 0 Å². The number of para-hydroxylation sites is 1. The van der Waals surface area contributed by atoms with Gasteiger partial charge in [0.05, 0.1) is 11.6 Å². The lowest BCUT2D eigenvalue weighted by Gasteiger charge is -1.91. The zero-order chi connectivity index (χ0) is 9.26. The minimum Gasteiger partial charge on any atom is -0.458 e. The van der Waals surface area contributed by atoms with Crippen molar-refractivity contribution in [3.63, 3.8) is 0 Å². The SMILES string of the molecule is CNCc1cc2cccc(Cl)c2o1. The molecule has 0 spiro atoms. The highest BCUT2D eigenvalue weighted by Gasteiger charge is 2.05. The molecule has 1 aromatic carbocycles. The Labute approximate surface area is 81.5 Å². The number of hydrogen-bond donors (Lipinski definition) is 1. The van der Waals surface area contributed by atoms with Crippen LogP contribution in [0.3, 0.4) is 0 Å². The monoisotopic (exact) mass is 195 g/mol. The maximum atomic E-state index is 5.96.